The number of pyridine rings is 2. The molecule has 0 atom stereocenters. The van der Waals surface area contributed by atoms with Crippen LogP contribution in [-0.4, -0.2) is 46.2 Å². The third-order valence-corrected chi connectivity index (χ3v) is 10.4. The van der Waals surface area contributed by atoms with Gasteiger partial charge in [-0.3, -0.25) is 4.98 Å². The van der Waals surface area contributed by atoms with Gasteiger partial charge in [0, 0.05) is 71.8 Å². The van der Waals surface area contributed by atoms with Gasteiger partial charge in [-0.15, -0.1) is 0 Å². The first kappa shape index (κ1) is 33.6. The standard InChI is InChI=1S/C45H48N6O/c1-35-18-24-41-40-16-11-17-43(44(40)52-45(41)47-35)51-31-29-49(34-51)27-10-9-26-48-28-30-50(33-48)39-22-19-36(20-23-39)12-5-2-3-6-13-37-21-25-42(46-32-37)38-14-7-4-8-15-38/h4,7-8,11,14-25,28-32H,2-3,5-6,9-10,12-13,26-27,33-34H2,1H3. The molecule has 0 N–H and O–H groups in total. The van der Waals surface area contributed by atoms with Crippen molar-refractivity contribution >= 4 is 33.4 Å². The second kappa shape index (κ2) is 15.8. The molecule has 0 saturated carbocycles. The van der Waals surface area contributed by atoms with Crippen LogP contribution in [0.1, 0.15) is 55.3 Å². The molecule has 8 rings (SSSR count). The number of nitrogens with zero attached hydrogens (tertiary/aromatic N) is 6. The maximum Gasteiger partial charge on any atom is 0.227 e. The molecule has 0 saturated heterocycles. The molecule has 3 aromatic carbocycles. The molecule has 5 heterocycles. The number of benzene rings is 3. The Morgan fingerprint density at radius 3 is 2.06 bits per heavy atom. The molecule has 3 aromatic heterocycles. The summed E-state index contributed by atoms with van der Waals surface area (Å²) in [4.78, 5) is 18.7. The van der Waals surface area contributed by atoms with Gasteiger partial charge in [-0.2, -0.15) is 0 Å². The molecule has 2 aliphatic rings. The Kier molecular flexibility index (Phi) is 10.2. The monoisotopic (exact) mass is 688 g/mol. The maximum atomic E-state index is 6.24. The average Bonchev–Trinajstić information content (AvgIpc) is 3.94. The topological polar surface area (TPSA) is 51.9 Å². The molecule has 0 bridgehead atoms. The van der Waals surface area contributed by atoms with Crippen LogP contribution in [0.3, 0.4) is 0 Å². The molecule has 7 nitrogen and oxygen atoms in total. The summed E-state index contributed by atoms with van der Waals surface area (Å²) in [5.74, 6) is 0. The van der Waals surface area contributed by atoms with Crippen LogP contribution in [0, 0.1) is 6.92 Å². The highest BCUT2D eigenvalue weighted by Gasteiger charge is 2.20. The second-order valence-corrected chi connectivity index (χ2v) is 14.2. The lowest BCUT2D eigenvalue weighted by atomic mass is 10.0. The molecule has 52 heavy (non-hydrogen) atoms. The minimum absolute atomic E-state index is 0.710. The Bertz CT molecular complexity index is 2140. The van der Waals surface area contributed by atoms with Crippen molar-refractivity contribution in [3.63, 3.8) is 0 Å². The first-order chi connectivity index (χ1) is 25.7. The molecular weight excluding hydrogens is 641 g/mol. The van der Waals surface area contributed by atoms with Crippen molar-refractivity contribution in [1.29, 1.82) is 0 Å². The van der Waals surface area contributed by atoms with Gasteiger partial charge in [0.05, 0.1) is 24.7 Å². The number of fused-ring (bicyclic) bond motifs is 3. The number of hydrogen-bond donors (Lipinski definition) is 0. The zero-order valence-corrected chi connectivity index (χ0v) is 30.2. The average molecular weight is 689 g/mol. The van der Waals surface area contributed by atoms with Crippen molar-refractivity contribution in [2.45, 2.75) is 58.3 Å². The molecular formula is C45H48N6O. The lowest BCUT2D eigenvalue weighted by Gasteiger charge is -2.23. The quantitative estimate of drug-likeness (QED) is 0.0996. The van der Waals surface area contributed by atoms with Gasteiger partial charge in [0.15, 0.2) is 5.58 Å². The molecule has 0 radical (unpaired) electrons. The van der Waals surface area contributed by atoms with Crippen LogP contribution >= 0.6 is 0 Å². The summed E-state index contributed by atoms with van der Waals surface area (Å²) in [6.07, 6.45) is 20.4. The number of aromatic nitrogens is 2. The number of rotatable bonds is 15. The Balaban J connectivity index is 0.708. The predicted octanol–water partition coefficient (Wildman–Crippen LogP) is 10.3. The van der Waals surface area contributed by atoms with E-state index in [-0.39, 0.29) is 0 Å². The van der Waals surface area contributed by atoms with Gasteiger partial charge in [-0.1, -0.05) is 73.5 Å². The fraction of sp³-hybridized carbons (Fsp3) is 0.289. The summed E-state index contributed by atoms with van der Waals surface area (Å²) in [7, 11) is 0. The SMILES string of the molecule is Cc1ccc2c(n1)oc1c(N3C=CN(CCCCN4C=CN(c5ccc(CCCCCCc6ccc(-c7ccccc7)nc6)cc5)C4)C3)cccc12. The van der Waals surface area contributed by atoms with Crippen LogP contribution in [-0.2, 0) is 12.8 Å². The van der Waals surface area contributed by atoms with Crippen LogP contribution in [0.4, 0.5) is 11.4 Å². The highest BCUT2D eigenvalue weighted by atomic mass is 16.3. The van der Waals surface area contributed by atoms with Gasteiger partial charge in [-0.05, 0) is 93.0 Å². The van der Waals surface area contributed by atoms with Crippen molar-refractivity contribution in [3.05, 3.63) is 145 Å². The normalized spacial score (nSPS) is 14.2. The van der Waals surface area contributed by atoms with Crippen LogP contribution in [0.15, 0.2) is 132 Å². The Morgan fingerprint density at radius 2 is 1.31 bits per heavy atom. The molecule has 6 aromatic rings. The highest BCUT2D eigenvalue weighted by Crippen LogP contribution is 2.35. The van der Waals surface area contributed by atoms with Gasteiger partial charge in [0.2, 0.25) is 5.71 Å². The Morgan fingerprint density at radius 1 is 0.596 bits per heavy atom. The predicted molar refractivity (Wildman–Crippen MR) is 214 cm³/mol. The van der Waals surface area contributed by atoms with Crippen molar-refractivity contribution < 1.29 is 4.42 Å². The van der Waals surface area contributed by atoms with E-state index in [1.54, 1.807) is 0 Å². The zero-order chi connectivity index (χ0) is 35.1. The zero-order valence-electron chi connectivity index (χ0n) is 30.2. The van der Waals surface area contributed by atoms with Crippen LogP contribution in [0.2, 0.25) is 0 Å². The molecule has 0 aliphatic carbocycles. The van der Waals surface area contributed by atoms with Crippen molar-refractivity contribution in [2.24, 2.45) is 0 Å². The molecule has 0 amide bonds. The van der Waals surface area contributed by atoms with Gasteiger partial charge < -0.3 is 24.0 Å². The van der Waals surface area contributed by atoms with Crippen molar-refractivity contribution in [1.82, 2.24) is 19.8 Å². The molecule has 7 heteroatoms. The highest BCUT2D eigenvalue weighted by molar-refractivity contribution is 6.08. The largest absolute Gasteiger partial charge is 0.435 e. The lowest BCUT2D eigenvalue weighted by molar-refractivity contribution is 0.354. The van der Waals surface area contributed by atoms with E-state index in [2.05, 4.69) is 139 Å². The van der Waals surface area contributed by atoms with Crippen LogP contribution in [0.25, 0.3) is 33.3 Å². The van der Waals surface area contributed by atoms with E-state index in [0.29, 0.717) is 5.71 Å². The van der Waals surface area contributed by atoms with E-state index < -0.39 is 0 Å². The van der Waals surface area contributed by atoms with Gasteiger partial charge in [0.1, 0.15) is 0 Å². The Hall–Kier alpha value is -5.56. The van der Waals surface area contributed by atoms with Crippen molar-refractivity contribution in [3.8, 4) is 11.3 Å². The fourth-order valence-corrected chi connectivity index (χ4v) is 7.37. The first-order valence-corrected chi connectivity index (χ1v) is 18.9. The number of aryl methyl sites for hydroxylation is 3. The van der Waals surface area contributed by atoms with E-state index in [9.17, 15) is 0 Å². The van der Waals surface area contributed by atoms with Gasteiger partial charge >= 0.3 is 0 Å². The van der Waals surface area contributed by atoms with E-state index >= 15 is 0 Å². The van der Waals surface area contributed by atoms with Gasteiger partial charge in [-0.25, -0.2) is 4.98 Å². The van der Waals surface area contributed by atoms with E-state index in [1.165, 1.54) is 48.1 Å². The molecule has 0 spiro atoms. The minimum atomic E-state index is 0.710. The van der Waals surface area contributed by atoms with Crippen molar-refractivity contribution in [2.75, 3.05) is 36.2 Å². The molecule has 264 valence electrons. The second-order valence-electron chi connectivity index (χ2n) is 14.2. The summed E-state index contributed by atoms with van der Waals surface area (Å²) < 4.78 is 6.24. The van der Waals surface area contributed by atoms with E-state index in [1.807, 2.05) is 25.3 Å². The minimum Gasteiger partial charge on any atom is -0.435 e. The summed E-state index contributed by atoms with van der Waals surface area (Å²) in [5, 5.41) is 2.19. The third-order valence-electron chi connectivity index (χ3n) is 10.4. The molecule has 2 aliphatic heterocycles. The van der Waals surface area contributed by atoms with E-state index in [4.69, 9.17) is 4.42 Å². The number of hydrogen-bond acceptors (Lipinski definition) is 7. The Labute approximate surface area is 307 Å². The molecule has 0 unspecified atom stereocenters. The van der Waals surface area contributed by atoms with Crippen LogP contribution in [0.5, 0.6) is 0 Å². The summed E-state index contributed by atoms with van der Waals surface area (Å²) in [6, 6.07) is 34.5. The first-order valence-electron chi connectivity index (χ1n) is 18.9. The number of anilines is 2. The van der Waals surface area contributed by atoms with Gasteiger partial charge in [0.25, 0.3) is 0 Å². The third kappa shape index (κ3) is 7.84. The maximum absolute atomic E-state index is 6.24. The number of unbranched alkanes of at least 4 members (excludes halogenated alkanes) is 4. The van der Waals surface area contributed by atoms with E-state index in [0.717, 1.165) is 85.5 Å². The number of furan rings is 1. The molecule has 0 fully saturated rings. The summed E-state index contributed by atoms with van der Waals surface area (Å²) in [5.41, 5.74) is 9.93. The number of para-hydroxylation sites is 1. The summed E-state index contributed by atoms with van der Waals surface area (Å²) >= 11 is 0. The lowest BCUT2D eigenvalue weighted by Crippen LogP contribution is -2.28. The smallest absolute Gasteiger partial charge is 0.227 e. The summed E-state index contributed by atoms with van der Waals surface area (Å²) in [6.45, 7) is 5.84. The fourth-order valence-electron chi connectivity index (χ4n) is 7.37. The van der Waals surface area contributed by atoms with Crippen LogP contribution < -0.4 is 9.80 Å².